The van der Waals surface area contributed by atoms with Crippen LogP contribution in [0.2, 0.25) is 0 Å². The third-order valence-corrected chi connectivity index (χ3v) is 4.39. The summed E-state index contributed by atoms with van der Waals surface area (Å²) in [5.74, 6) is 2.53. The number of nitrogens with zero attached hydrogens (tertiary/aromatic N) is 6. The standard InChI is InChI=1S/C17H24N6O/c1-12-19-13(2)23(20-12)15-6-5-9-22(11-15)17(24)14-7-8-18-16(10-14)21(3)4/h7-8,10,15H,5-6,9,11H2,1-4H3/t15-/m1/s1. The number of piperidine rings is 1. The molecule has 0 aliphatic carbocycles. The Hall–Kier alpha value is -2.44. The van der Waals surface area contributed by atoms with Crippen molar-refractivity contribution in [3.8, 4) is 0 Å². The summed E-state index contributed by atoms with van der Waals surface area (Å²) in [7, 11) is 3.84. The average Bonchev–Trinajstić information content (AvgIpc) is 2.93. The topological polar surface area (TPSA) is 67.2 Å². The Labute approximate surface area is 142 Å². The van der Waals surface area contributed by atoms with Gasteiger partial charge in [0.1, 0.15) is 17.5 Å². The molecule has 1 aliphatic heterocycles. The smallest absolute Gasteiger partial charge is 0.254 e. The van der Waals surface area contributed by atoms with E-state index in [-0.39, 0.29) is 11.9 Å². The third-order valence-electron chi connectivity index (χ3n) is 4.39. The highest BCUT2D eigenvalue weighted by molar-refractivity contribution is 5.94. The first-order chi connectivity index (χ1) is 11.5. The van der Waals surface area contributed by atoms with Gasteiger partial charge in [0.2, 0.25) is 0 Å². The Balaban J connectivity index is 1.78. The summed E-state index contributed by atoms with van der Waals surface area (Å²) >= 11 is 0. The van der Waals surface area contributed by atoms with Crippen molar-refractivity contribution >= 4 is 11.7 Å². The lowest BCUT2D eigenvalue weighted by atomic mass is 10.0. The lowest BCUT2D eigenvalue weighted by Crippen LogP contribution is -2.41. The highest BCUT2D eigenvalue weighted by Gasteiger charge is 2.27. The molecule has 0 N–H and O–H groups in total. The van der Waals surface area contributed by atoms with E-state index in [2.05, 4.69) is 15.1 Å². The number of carbonyl (C=O) groups is 1. The maximum Gasteiger partial charge on any atom is 0.254 e. The number of aryl methyl sites for hydroxylation is 2. The Bertz CT molecular complexity index is 738. The van der Waals surface area contributed by atoms with Crippen LogP contribution in [0.1, 0.15) is 40.9 Å². The van der Waals surface area contributed by atoms with E-state index in [9.17, 15) is 4.79 Å². The van der Waals surface area contributed by atoms with Crippen LogP contribution in [0.4, 0.5) is 5.82 Å². The minimum absolute atomic E-state index is 0.0553. The lowest BCUT2D eigenvalue weighted by Gasteiger charge is -2.33. The molecule has 2 aromatic heterocycles. The van der Waals surface area contributed by atoms with Gasteiger partial charge in [-0.3, -0.25) is 4.79 Å². The number of amides is 1. The predicted octanol–water partition coefficient (Wildman–Crippen LogP) is 1.83. The molecule has 0 radical (unpaired) electrons. The molecule has 1 saturated heterocycles. The van der Waals surface area contributed by atoms with Gasteiger partial charge in [0.05, 0.1) is 6.04 Å². The fourth-order valence-corrected chi connectivity index (χ4v) is 3.20. The van der Waals surface area contributed by atoms with Crippen LogP contribution in [0.25, 0.3) is 0 Å². The summed E-state index contributed by atoms with van der Waals surface area (Å²) in [5.41, 5.74) is 0.681. The molecule has 3 rings (SSSR count). The first-order valence-corrected chi connectivity index (χ1v) is 8.28. The number of carbonyl (C=O) groups excluding carboxylic acids is 1. The molecule has 2 aromatic rings. The van der Waals surface area contributed by atoms with Crippen LogP contribution >= 0.6 is 0 Å². The van der Waals surface area contributed by atoms with Crippen LogP contribution in [-0.4, -0.2) is 57.7 Å². The zero-order valence-corrected chi connectivity index (χ0v) is 14.7. The van der Waals surface area contributed by atoms with E-state index in [1.807, 2.05) is 48.5 Å². The van der Waals surface area contributed by atoms with Gasteiger partial charge >= 0.3 is 0 Å². The van der Waals surface area contributed by atoms with Gasteiger partial charge < -0.3 is 9.80 Å². The highest BCUT2D eigenvalue weighted by Crippen LogP contribution is 2.24. The molecular formula is C17H24N6O. The van der Waals surface area contributed by atoms with Crippen LogP contribution in [-0.2, 0) is 0 Å². The van der Waals surface area contributed by atoms with Crippen molar-refractivity contribution in [1.29, 1.82) is 0 Å². The maximum absolute atomic E-state index is 12.9. The number of rotatable bonds is 3. The zero-order valence-electron chi connectivity index (χ0n) is 14.7. The van der Waals surface area contributed by atoms with Gasteiger partial charge in [-0.05, 0) is 38.8 Å². The van der Waals surface area contributed by atoms with Gasteiger partial charge in [0, 0.05) is 38.9 Å². The van der Waals surface area contributed by atoms with E-state index in [1.165, 1.54) is 0 Å². The fraction of sp³-hybridized carbons (Fsp3) is 0.529. The Morgan fingerprint density at radius 1 is 1.33 bits per heavy atom. The number of pyridine rings is 1. The molecule has 0 saturated carbocycles. The minimum Gasteiger partial charge on any atom is -0.363 e. The Morgan fingerprint density at radius 2 is 2.12 bits per heavy atom. The van der Waals surface area contributed by atoms with Crippen LogP contribution in [0.15, 0.2) is 18.3 Å². The summed E-state index contributed by atoms with van der Waals surface area (Å²) < 4.78 is 1.96. The molecule has 24 heavy (non-hydrogen) atoms. The second kappa shape index (κ2) is 6.59. The van der Waals surface area contributed by atoms with Crippen LogP contribution in [0.3, 0.4) is 0 Å². The summed E-state index contributed by atoms with van der Waals surface area (Å²) in [6.07, 6.45) is 3.68. The number of hydrogen-bond acceptors (Lipinski definition) is 5. The quantitative estimate of drug-likeness (QED) is 0.860. The van der Waals surface area contributed by atoms with Crippen LogP contribution in [0, 0.1) is 13.8 Å². The first kappa shape index (κ1) is 16.4. The van der Waals surface area contributed by atoms with E-state index < -0.39 is 0 Å². The maximum atomic E-state index is 12.9. The molecule has 1 amide bonds. The van der Waals surface area contributed by atoms with E-state index in [4.69, 9.17) is 0 Å². The number of anilines is 1. The van der Waals surface area contributed by atoms with Gasteiger partial charge in [0.25, 0.3) is 5.91 Å². The van der Waals surface area contributed by atoms with E-state index >= 15 is 0 Å². The molecule has 1 aliphatic rings. The molecule has 128 valence electrons. The Morgan fingerprint density at radius 3 is 2.79 bits per heavy atom. The van der Waals surface area contributed by atoms with Crippen molar-refractivity contribution in [2.75, 3.05) is 32.1 Å². The average molecular weight is 328 g/mol. The minimum atomic E-state index is 0.0553. The first-order valence-electron chi connectivity index (χ1n) is 8.28. The van der Waals surface area contributed by atoms with Gasteiger partial charge in [-0.15, -0.1) is 0 Å². The SMILES string of the molecule is Cc1nc(C)n([C@@H]2CCCN(C(=O)c3ccnc(N(C)C)c3)C2)n1. The van der Waals surface area contributed by atoms with Crippen molar-refractivity contribution in [2.24, 2.45) is 0 Å². The Kier molecular flexibility index (Phi) is 4.51. The highest BCUT2D eigenvalue weighted by atomic mass is 16.2. The predicted molar refractivity (Wildman–Crippen MR) is 92.2 cm³/mol. The zero-order chi connectivity index (χ0) is 17.3. The molecule has 0 bridgehead atoms. The monoisotopic (exact) mass is 328 g/mol. The van der Waals surface area contributed by atoms with Gasteiger partial charge in [-0.1, -0.05) is 0 Å². The lowest BCUT2D eigenvalue weighted by molar-refractivity contribution is 0.0671. The van der Waals surface area contributed by atoms with Crippen molar-refractivity contribution in [1.82, 2.24) is 24.6 Å². The van der Waals surface area contributed by atoms with Gasteiger partial charge in [-0.25, -0.2) is 14.6 Å². The molecule has 0 unspecified atom stereocenters. The van der Waals surface area contributed by atoms with Gasteiger partial charge in [0.15, 0.2) is 0 Å². The largest absolute Gasteiger partial charge is 0.363 e. The number of likely N-dealkylation sites (tertiary alicyclic amines) is 1. The van der Waals surface area contributed by atoms with Crippen molar-refractivity contribution < 1.29 is 4.79 Å². The van der Waals surface area contributed by atoms with E-state index in [1.54, 1.807) is 12.3 Å². The third kappa shape index (κ3) is 3.25. The van der Waals surface area contributed by atoms with Crippen molar-refractivity contribution in [3.63, 3.8) is 0 Å². The van der Waals surface area contributed by atoms with E-state index in [0.717, 1.165) is 36.9 Å². The summed E-state index contributed by atoms with van der Waals surface area (Å²) in [6, 6.07) is 3.82. The second-order valence-corrected chi connectivity index (χ2v) is 6.50. The number of aromatic nitrogens is 4. The van der Waals surface area contributed by atoms with Gasteiger partial charge in [-0.2, -0.15) is 5.10 Å². The normalized spacial score (nSPS) is 17.8. The molecule has 0 aromatic carbocycles. The number of hydrogen-bond donors (Lipinski definition) is 0. The molecule has 1 atom stereocenters. The van der Waals surface area contributed by atoms with Crippen LogP contribution < -0.4 is 4.90 Å². The molecule has 1 fully saturated rings. The molecule has 0 spiro atoms. The van der Waals surface area contributed by atoms with Crippen molar-refractivity contribution in [3.05, 3.63) is 35.5 Å². The second-order valence-electron chi connectivity index (χ2n) is 6.50. The molecule has 7 nitrogen and oxygen atoms in total. The fourth-order valence-electron chi connectivity index (χ4n) is 3.20. The van der Waals surface area contributed by atoms with Crippen LogP contribution in [0.5, 0.6) is 0 Å². The molecular weight excluding hydrogens is 304 g/mol. The summed E-state index contributed by atoms with van der Waals surface area (Å²) in [5, 5.41) is 4.49. The summed E-state index contributed by atoms with van der Waals surface area (Å²) in [4.78, 5) is 25.3. The van der Waals surface area contributed by atoms with E-state index in [0.29, 0.717) is 12.1 Å². The van der Waals surface area contributed by atoms with Crippen molar-refractivity contribution in [2.45, 2.75) is 32.7 Å². The molecule has 3 heterocycles. The summed E-state index contributed by atoms with van der Waals surface area (Å²) in [6.45, 7) is 5.31. The molecule has 7 heteroatoms.